The van der Waals surface area contributed by atoms with Gasteiger partial charge in [-0.3, -0.25) is 0 Å². The van der Waals surface area contributed by atoms with E-state index in [9.17, 15) is 4.79 Å². The van der Waals surface area contributed by atoms with Crippen molar-refractivity contribution in [3.8, 4) is 17.2 Å². The van der Waals surface area contributed by atoms with Crippen LogP contribution in [0.4, 0.5) is 10.5 Å². The van der Waals surface area contributed by atoms with Crippen LogP contribution in [0.25, 0.3) is 0 Å². The number of rotatable bonds is 7. The molecular weight excluding hydrogens is 464 g/mol. The molecule has 4 rings (SSSR count). The largest absolute Gasteiger partial charge is 0.493 e. The van der Waals surface area contributed by atoms with Gasteiger partial charge in [0.1, 0.15) is 12.4 Å². The van der Waals surface area contributed by atoms with Crippen LogP contribution >= 0.6 is 11.6 Å². The molecule has 1 heterocycles. The number of fused-ring (bicyclic) bond motifs is 1. The van der Waals surface area contributed by atoms with E-state index in [-0.39, 0.29) is 12.1 Å². The molecule has 6 nitrogen and oxygen atoms in total. The second kappa shape index (κ2) is 10.9. The highest BCUT2D eigenvalue weighted by molar-refractivity contribution is 6.30. The van der Waals surface area contributed by atoms with Crippen molar-refractivity contribution in [1.29, 1.82) is 0 Å². The number of nitrogens with one attached hydrogen (secondary N) is 1. The minimum atomic E-state index is -0.317. The summed E-state index contributed by atoms with van der Waals surface area (Å²) < 4.78 is 17.3. The maximum atomic E-state index is 13.4. The SMILES string of the molecule is COc1cc2c(cc1OC)C(COc1ccc(C(C)C)cc1)N(C(=O)Nc1cccc(Cl)c1)CC2. The summed E-state index contributed by atoms with van der Waals surface area (Å²) in [6.45, 7) is 5.15. The second-order valence-corrected chi connectivity index (χ2v) is 9.28. The van der Waals surface area contributed by atoms with E-state index >= 15 is 0 Å². The first-order valence-electron chi connectivity index (χ1n) is 11.7. The fourth-order valence-electron chi connectivity index (χ4n) is 4.34. The van der Waals surface area contributed by atoms with Crippen LogP contribution in [-0.2, 0) is 6.42 Å². The lowest BCUT2D eigenvalue weighted by Gasteiger charge is -2.37. The van der Waals surface area contributed by atoms with Crippen LogP contribution < -0.4 is 19.5 Å². The van der Waals surface area contributed by atoms with Crippen LogP contribution in [0.5, 0.6) is 17.2 Å². The Bertz CT molecular complexity index is 1180. The summed E-state index contributed by atoms with van der Waals surface area (Å²) >= 11 is 6.11. The zero-order valence-corrected chi connectivity index (χ0v) is 21.3. The fourth-order valence-corrected chi connectivity index (χ4v) is 4.53. The molecule has 7 heteroatoms. The van der Waals surface area contributed by atoms with Crippen LogP contribution in [0.15, 0.2) is 60.7 Å². The molecule has 0 saturated heterocycles. The molecule has 0 spiro atoms. The van der Waals surface area contributed by atoms with Crippen molar-refractivity contribution in [2.75, 3.05) is 32.7 Å². The highest BCUT2D eigenvalue weighted by Gasteiger charge is 2.33. The molecule has 0 aliphatic carbocycles. The van der Waals surface area contributed by atoms with Crippen molar-refractivity contribution in [2.45, 2.75) is 32.2 Å². The van der Waals surface area contributed by atoms with Crippen molar-refractivity contribution >= 4 is 23.3 Å². The number of urea groups is 1. The number of benzene rings is 3. The maximum absolute atomic E-state index is 13.4. The van der Waals surface area contributed by atoms with Gasteiger partial charge in [-0.2, -0.15) is 0 Å². The van der Waals surface area contributed by atoms with Crippen molar-refractivity contribution < 1.29 is 19.0 Å². The maximum Gasteiger partial charge on any atom is 0.322 e. The topological polar surface area (TPSA) is 60.0 Å². The van der Waals surface area contributed by atoms with Gasteiger partial charge >= 0.3 is 6.03 Å². The second-order valence-electron chi connectivity index (χ2n) is 8.84. The molecule has 1 N–H and O–H groups in total. The molecule has 0 bridgehead atoms. The molecule has 0 saturated carbocycles. The van der Waals surface area contributed by atoms with Crippen molar-refractivity contribution in [2.24, 2.45) is 0 Å². The normalized spacial score (nSPS) is 14.9. The molecule has 0 radical (unpaired) electrons. The van der Waals surface area contributed by atoms with Crippen LogP contribution in [-0.4, -0.2) is 38.3 Å². The summed E-state index contributed by atoms with van der Waals surface area (Å²) in [5, 5.41) is 3.54. The lowest BCUT2D eigenvalue weighted by Crippen LogP contribution is -2.44. The predicted octanol–water partition coefficient (Wildman–Crippen LogP) is 6.69. The third-order valence-corrected chi connectivity index (χ3v) is 6.53. The molecule has 184 valence electrons. The lowest BCUT2D eigenvalue weighted by atomic mass is 9.92. The predicted molar refractivity (Wildman–Crippen MR) is 139 cm³/mol. The highest BCUT2D eigenvalue weighted by Crippen LogP contribution is 2.38. The summed E-state index contributed by atoms with van der Waals surface area (Å²) in [6, 6.07) is 18.6. The third kappa shape index (κ3) is 5.65. The zero-order valence-electron chi connectivity index (χ0n) is 20.5. The van der Waals surface area contributed by atoms with E-state index in [2.05, 4.69) is 31.3 Å². The van der Waals surface area contributed by atoms with Crippen molar-refractivity contribution in [3.05, 3.63) is 82.4 Å². The third-order valence-electron chi connectivity index (χ3n) is 6.29. The van der Waals surface area contributed by atoms with E-state index in [0.717, 1.165) is 16.9 Å². The van der Waals surface area contributed by atoms with E-state index in [1.165, 1.54) is 5.56 Å². The molecule has 3 aromatic carbocycles. The molecule has 3 aromatic rings. The quantitative estimate of drug-likeness (QED) is 0.397. The Morgan fingerprint density at radius 1 is 1.06 bits per heavy atom. The first-order valence-corrected chi connectivity index (χ1v) is 12.1. The first-order chi connectivity index (χ1) is 16.9. The Balaban J connectivity index is 1.62. The van der Waals surface area contributed by atoms with Crippen LogP contribution in [0.1, 0.15) is 42.5 Å². The van der Waals surface area contributed by atoms with Gasteiger partial charge in [-0.1, -0.05) is 43.6 Å². The Morgan fingerprint density at radius 3 is 2.43 bits per heavy atom. The average molecular weight is 495 g/mol. The van der Waals surface area contributed by atoms with Gasteiger partial charge < -0.3 is 24.4 Å². The Morgan fingerprint density at radius 2 is 1.77 bits per heavy atom. The molecule has 0 aromatic heterocycles. The van der Waals surface area contributed by atoms with E-state index in [1.807, 2.05) is 36.4 Å². The lowest BCUT2D eigenvalue weighted by molar-refractivity contribution is 0.144. The van der Waals surface area contributed by atoms with Crippen molar-refractivity contribution in [1.82, 2.24) is 4.90 Å². The number of hydrogen-bond acceptors (Lipinski definition) is 4. The van der Waals surface area contributed by atoms with Crippen LogP contribution in [0, 0.1) is 0 Å². The number of methoxy groups -OCH3 is 2. The molecule has 1 unspecified atom stereocenters. The number of carbonyl (C=O) groups is 1. The summed E-state index contributed by atoms with van der Waals surface area (Å²) in [4.78, 5) is 15.2. The molecule has 35 heavy (non-hydrogen) atoms. The van der Waals surface area contributed by atoms with E-state index in [1.54, 1.807) is 31.3 Å². The van der Waals surface area contributed by atoms with E-state index in [4.69, 9.17) is 25.8 Å². The number of anilines is 1. The Hall–Kier alpha value is -3.38. The van der Waals surface area contributed by atoms with Gasteiger partial charge in [0.05, 0.1) is 20.3 Å². The molecule has 1 aliphatic rings. The van der Waals surface area contributed by atoms with Gasteiger partial charge in [-0.15, -0.1) is 0 Å². The summed E-state index contributed by atoms with van der Waals surface area (Å²) in [7, 11) is 3.23. The standard InChI is InChI=1S/C28H31ClN2O4/c1-18(2)19-8-10-23(11-9-19)35-17-25-24-16-27(34-4)26(33-3)14-20(24)12-13-31(25)28(32)30-22-7-5-6-21(29)15-22/h5-11,14-16,18,25H,12-13,17H2,1-4H3,(H,30,32). The number of amides is 2. The fraction of sp³-hybridized carbons (Fsp3) is 0.321. The number of carbonyl (C=O) groups excluding carboxylic acids is 1. The zero-order chi connectivity index (χ0) is 24.9. The summed E-state index contributed by atoms with van der Waals surface area (Å²) in [5.41, 5.74) is 3.98. The Labute approximate surface area is 211 Å². The van der Waals surface area contributed by atoms with Crippen LogP contribution in [0.3, 0.4) is 0 Å². The van der Waals surface area contributed by atoms with Gasteiger partial charge in [-0.05, 0) is 71.5 Å². The minimum Gasteiger partial charge on any atom is -0.493 e. The van der Waals surface area contributed by atoms with Crippen LogP contribution in [0.2, 0.25) is 5.02 Å². The van der Waals surface area contributed by atoms with Crippen molar-refractivity contribution in [3.63, 3.8) is 0 Å². The van der Waals surface area contributed by atoms with Gasteiger partial charge in [0.2, 0.25) is 0 Å². The summed E-state index contributed by atoms with van der Waals surface area (Å²) in [6.07, 6.45) is 0.693. The van der Waals surface area contributed by atoms with E-state index in [0.29, 0.717) is 47.7 Å². The van der Waals surface area contributed by atoms with Gasteiger partial charge in [-0.25, -0.2) is 4.79 Å². The first kappa shape index (κ1) is 24.7. The molecule has 1 atom stereocenters. The number of nitrogens with zero attached hydrogens (tertiary/aromatic N) is 1. The number of ether oxygens (including phenoxy) is 3. The van der Waals surface area contributed by atoms with Gasteiger partial charge in [0.15, 0.2) is 11.5 Å². The molecular formula is C28H31ClN2O4. The molecule has 0 fully saturated rings. The van der Waals surface area contributed by atoms with Gasteiger partial charge in [0, 0.05) is 17.3 Å². The minimum absolute atomic E-state index is 0.212. The monoisotopic (exact) mass is 494 g/mol. The average Bonchev–Trinajstić information content (AvgIpc) is 2.86. The molecule has 2 amide bonds. The number of hydrogen-bond donors (Lipinski definition) is 1. The smallest absolute Gasteiger partial charge is 0.322 e. The summed E-state index contributed by atoms with van der Waals surface area (Å²) in [5.74, 6) is 2.50. The van der Waals surface area contributed by atoms with Gasteiger partial charge in [0.25, 0.3) is 0 Å². The number of halogens is 1. The highest BCUT2D eigenvalue weighted by atomic mass is 35.5. The Kier molecular flexibility index (Phi) is 7.71. The van der Waals surface area contributed by atoms with E-state index < -0.39 is 0 Å². The molecule has 1 aliphatic heterocycles.